The Balaban J connectivity index is 2.27. The first-order valence-corrected chi connectivity index (χ1v) is 4.92. The number of nitrogens with zero attached hydrogens (tertiary/aromatic N) is 2. The smallest absolute Gasteiger partial charge is 0.325 e. The van der Waals surface area contributed by atoms with Crippen molar-refractivity contribution in [2.75, 3.05) is 6.54 Å². The SMILES string of the molecule is O=C(O)CN1N=C(c2ccccc2F)CC1=O. The highest BCUT2D eigenvalue weighted by Crippen LogP contribution is 2.17. The molecule has 0 atom stereocenters. The van der Waals surface area contributed by atoms with E-state index in [9.17, 15) is 14.0 Å². The highest BCUT2D eigenvalue weighted by atomic mass is 19.1. The monoisotopic (exact) mass is 236 g/mol. The molecular weight excluding hydrogens is 227 g/mol. The Labute approximate surface area is 96.2 Å². The van der Waals surface area contributed by atoms with Gasteiger partial charge in [-0.05, 0) is 6.07 Å². The number of carboxylic acid groups (broad SMARTS) is 1. The van der Waals surface area contributed by atoms with Gasteiger partial charge >= 0.3 is 5.97 Å². The Morgan fingerprint density at radius 1 is 1.47 bits per heavy atom. The number of hydrogen-bond donors (Lipinski definition) is 1. The molecule has 1 amide bonds. The fourth-order valence-corrected chi connectivity index (χ4v) is 1.57. The standard InChI is InChI=1S/C11H9FN2O3/c12-8-4-2-1-3-7(8)9-5-10(15)14(13-9)6-11(16)17/h1-4H,5-6H2,(H,16,17). The summed E-state index contributed by atoms with van der Waals surface area (Å²) in [5.41, 5.74) is 0.489. The molecule has 0 aromatic heterocycles. The molecule has 1 N–H and O–H groups in total. The molecule has 0 spiro atoms. The molecule has 5 nitrogen and oxygen atoms in total. The molecule has 0 saturated heterocycles. The predicted octanol–water partition coefficient (Wildman–Crippen LogP) is 0.847. The molecule has 1 aliphatic heterocycles. The molecule has 6 heteroatoms. The van der Waals surface area contributed by atoms with Crippen LogP contribution in [0.4, 0.5) is 4.39 Å². The number of hydrogen-bond acceptors (Lipinski definition) is 3. The second-order valence-corrected chi connectivity index (χ2v) is 3.55. The van der Waals surface area contributed by atoms with Crippen molar-refractivity contribution >= 4 is 17.6 Å². The van der Waals surface area contributed by atoms with E-state index in [1.54, 1.807) is 6.07 Å². The van der Waals surface area contributed by atoms with Gasteiger partial charge in [-0.3, -0.25) is 9.59 Å². The lowest BCUT2D eigenvalue weighted by Gasteiger charge is -2.06. The highest BCUT2D eigenvalue weighted by molar-refractivity contribution is 6.14. The minimum atomic E-state index is -1.16. The van der Waals surface area contributed by atoms with Gasteiger partial charge in [0.05, 0.1) is 12.1 Å². The average molecular weight is 236 g/mol. The van der Waals surface area contributed by atoms with Crippen molar-refractivity contribution in [1.82, 2.24) is 5.01 Å². The van der Waals surface area contributed by atoms with E-state index in [1.165, 1.54) is 18.2 Å². The van der Waals surface area contributed by atoms with Crippen molar-refractivity contribution in [3.63, 3.8) is 0 Å². The molecule has 1 aliphatic rings. The Kier molecular flexibility index (Phi) is 2.86. The van der Waals surface area contributed by atoms with Gasteiger partial charge in [0.1, 0.15) is 12.4 Å². The molecule has 0 saturated carbocycles. The van der Waals surface area contributed by atoms with Crippen LogP contribution in [0.3, 0.4) is 0 Å². The van der Waals surface area contributed by atoms with Gasteiger partial charge in [-0.1, -0.05) is 18.2 Å². The van der Waals surface area contributed by atoms with Crippen LogP contribution in [-0.2, 0) is 9.59 Å². The van der Waals surface area contributed by atoms with Crippen LogP contribution in [0.25, 0.3) is 0 Å². The fourth-order valence-electron chi connectivity index (χ4n) is 1.57. The maximum absolute atomic E-state index is 13.4. The van der Waals surface area contributed by atoms with Crippen molar-refractivity contribution in [3.8, 4) is 0 Å². The first-order valence-electron chi connectivity index (χ1n) is 4.92. The van der Waals surface area contributed by atoms with E-state index >= 15 is 0 Å². The van der Waals surface area contributed by atoms with Crippen LogP contribution >= 0.6 is 0 Å². The molecule has 88 valence electrons. The van der Waals surface area contributed by atoms with Crippen LogP contribution in [0.15, 0.2) is 29.4 Å². The quantitative estimate of drug-likeness (QED) is 0.845. The Morgan fingerprint density at radius 2 is 2.18 bits per heavy atom. The number of hydrazone groups is 1. The Bertz CT molecular complexity index is 513. The molecule has 17 heavy (non-hydrogen) atoms. The number of amides is 1. The van der Waals surface area contributed by atoms with Crippen molar-refractivity contribution in [3.05, 3.63) is 35.6 Å². The van der Waals surface area contributed by atoms with Gasteiger partial charge in [-0.2, -0.15) is 5.10 Å². The topological polar surface area (TPSA) is 70.0 Å². The molecule has 2 rings (SSSR count). The molecule has 0 fully saturated rings. The fraction of sp³-hybridized carbons (Fsp3) is 0.182. The van der Waals surface area contributed by atoms with Crippen LogP contribution < -0.4 is 0 Å². The van der Waals surface area contributed by atoms with E-state index in [0.717, 1.165) is 5.01 Å². The summed E-state index contributed by atoms with van der Waals surface area (Å²) in [6, 6.07) is 5.93. The van der Waals surface area contributed by atoms with Gasteiger partial charge in [-0.25, -0.2) is 9.40 Å². The maximum Gasteiger partial charge on any atom is 0.325 e. The minimum absolute atomic E-state index is 0.0752. The lowest BCUT2D eigenvalue weighted by Crippen LogP contribution is -2.27. The summed E-state index contributed by atoms with van der Waals surface area (Å²) in [5, 5.41) is 13.2. The number of carbonyl (C=O) groups is 2. The zero-order valence-corrected chi connectivity index (χ0v) is 8.76. The third-order valence-electron chi connectivity index (χ3n) is 2.32. The Morgan fingerprint density at radius 3 is 2.82 bits per heavy atom. The Hall–Kier alpha value is -2.24. The van der Waals surface area contributed by atoms with E-state index in [2.05, 4.69) is 5.10 Å². The molecule has 1 aromatic rings. The first kappa shape index (κ1) is 11.3. The maximum atomic E-state index is 13.4. The second-order valence-electron chi connectivity index (χ2n) is 3.55. The van der Waals surface area contributed by atoms with E-state index in [-0.39, 0.29) is 17.7 Å². The molecule has 0 aliphatic carbocycles. The van der Waals surface area contributed by atoms with Gasteiger partial charge in [0, 0.05) is 5.56 Å². The summed E-state index contributed by atoms with van der Waals surface area (Å²) in [6.07, 6.45) is -0.0752. The van der Waals surface area contributed by atoms with Gasteiger partial charge in [-0.15, -0.1) is 0 Å². The number of benzene rings is 1. The third-order valence-corrected chi connectivity index (χ3v) is 2.32. The van der Waals surface area contributed by atoms with E-state index in [4.69, 9.17) is 5.11 Å². The predicted molar refractivity (Wildman–Crippen MR) is 56.9 cm³/mol. The minimum Gasteiger partial charge on any atom is -0.480 e. The highest BCUT2D eigenvalue weighted by Gasteiger charge is 2.27. The van der Waals surface area contributed by atoms with Gasteiger partial charge in [0.25, 0.3) is 0 Å². The molecule has 0 radical (unpaired) electrons. The summed E-state index contributed by atoms with van der Waals surface area (Å²) < 4.78 is 13.4. The zero-order chi connectivity index (χ0) is 12.4. The number of carboxylic acids is 1. The molecule has 1 heterocycles. The van der Waals surface area contributed by atoms with Crippen LogP contribution in [0.1, 0.15) is 12.0 Å². The molecular formula is C11H9FN2O3. The number of aliphatic carboxylic acids is 1. The van der Waals surface area contributed by atoms with Crippen molar-refractivity contribution in [2.45, 2.75) is 6.42 Å². The van der Waals surface area contributed by atoms with Crippen LogP contribution in [0.5, 0.6) is 0 Å². The zero-order valence-electron chi connectivity index (χ0n) is 8.76. The van der Waals surface area contributed by atoms with Gasteiger partial charge in [0.2, 0.25) is 5.91 Å². The van der Waals surface area contributed by atoms with Crippen molar-refractivity contribution in [2.24, 2.45) is 5.10 Å². The van der Waals surface area contributed by atoms with E-state index in [1.807, 2.05) is 0 Å². The van der Waals surface area contributed by atoms with Gasteiger partial charge < -0.3 is 5.11 Å². The van der Waals surface area contributed by atoms with Gasteiger partial charge in [0.15, 0.2) is 0 Å². The first-order chi connectivity index (χ1) is 8.08. The van der Waals surface area contributed by atoms with E-state index < -0.39 is 24.2 Å². The van der Waals surface area contributed by atoms with E-state index in [0.29, 0.717) is 0 Å². The summed E-state index contributed by atoms with van der Waals surface area (Å²) in [6.45, 7) is -0.503. The molecule has 0 unspecified atom stereocenters. The third kappa shape index (κ3) is 2.30. The molecule has 1 aromatic carbocycles. The van der Waals surface area contributed by atoms with Crippen LogP contribution in [-0.4, -0.2) is 34.2 Å². The average Bonchev–Trinajstić information content (AvgIpc) is 2.60. The lowest BCUT2D eigenvalue weighted by molar-refractivity contribution is -0.143. The number of carbonyl (C=O) groups excluding carboxylic acids is 1. The van der Waals surface area contributed by atoms with Crippen molar-refractivity contribution in [1.29, 1.82) is 0 Å². The number of halogens is 1. The van der Waals surface area contributed by atoms with Crippen molar-refractivity contribution < 1.29 is 19.1 Å². The lowest BCUT2D eigenvalue weighted by atomic mass is 10.1. The van der Waals surface area contributed by atoms with Crippen LogP contribution in [0.2, 0.25) is 0 Å². The second kappa shape index (κ2) is 4.32. The summed E-state index contributed by atoms with van der Waals surface area (Å²) in [7, 11) is 0. The summed E-state index contributed by atoms with van der Waals surface area (Å²) in [4.78, 5) is 21.9. The summed E-state index contributed by atoms with van der Waals surface area (Å²) >= 11 is 0. The normalized spacial score (nSPS) is 15.0. The number of rotatable bonds is 3. The summed E-state index contributed by atoms with van der Waals surface area (Å²) in [5.74, 6) is -2.07. The van der Waals surface area contributed by atoms with Crippen LogP contribution in [0, 0.1) is 5.82 Å². The molecule has 0 bridgehead atoms. The largest absolute Gasteiger partial charge is 0.480 e.